The van der Waals surface area contributed by atoms with E-state index in [4.69, 9.17) is 0 Å². The molecule has 0 aliphatic carbocycles. The first-order chi connectivity index (χ1) is 7.99. The predicted molar refractivity (Wildman–Crippen MR) is 63.8 cm³/mol. The number of rotatable bonds is 2. The summed E-state index contributed by atoms with van der Waals surface area (Å²) in [7, 11) is 0. The van der Waals surface area contributed by atoms with Crippen molar-refractivity contribution in [1.29, 1.82) is 0 Å². The van der Waals surface area contributed by atoms with Gasteiger partial charge in [-0.15, -0.1) is 0 Å². The molecule has 0 saturated carbocycles. The molecule has 92 valence electrons. The van der Waals surface area contributed by atoms with Crippen LogP contribution < -0.4 is 0 Å². The van der Waals surface area contributed by atoms with Crippen molar-refractivity contribution in [2.24, 2.45) is 0 Å². The third-order valence-corrected chi connectivity index (χ3v) is 3.62. The summed E-state index contributed by atoms with van der Waals surface area (Å²) in [4.78, 5) is 13.5. The molecule has 2 nitrogen and oxygen atoms in total. The van der Waals surface area contributed by atoms with Crippen molar-refractivity contribution in [2.45, 2.75) is 24.2 Å². The van der Waals surface area contributed by atoms with Gasteiger partial charge in [0.2, 0.25) is 5.91 Å². The number of alkyl halides is 1. The molecule has 1 amide bonds. The average molecular weight is 304 g/mol. The Balaban J connectivity index is 2.22. The van der Waals surface area contributed by atoms with Gasteiger partial charge in [0, 0.05) is 17.8 Å². The molecule has 0 N–H and O–H groups in total. The molecule has 0 bridgehead atoms. The molecule has 1 fully saturated rings. The van der Waals surface area contributed by atoms with Gasteiger partial charge in [0.25, 0.3) is 0 Å². The topological polar surface area (TPSA) is 20.3 Å². The minimum atomic E-state index is -0.878. The van der Waals surface area contributed by atoms with E-state index in [1.54, 1.807) is 4.90 Å². The van der Waals surface area contributed by atoms with E-state index in [2.05, 4.69) is 15.9 Å². The first-order valence-electron chi connectivity index (χ1n) is 5.37. The number of carbonyl (C=O) groups is 1. The number of amides is 1. The zero-order valence-electron chi connectivity index (χ0n) is 9.29. The van der Waals surface area contributed by atoms with E-state index in [1.807, 2.05) is 6.92 Å². The van der Waals surface area contributed by atoms with E-state index in [-0.39, 0.29) is 16.8 Å². The van der Waals surface area contributed by atoms with E-state index in [1.165, 1.54) is 6.07 Å². The number of nitrogens with zero attached hydrogens (tertiary/aromatic N) is 1. The van der Waals surface area contributed by atoms with E-state index in [0.717, 1.165) is 12.1 Å². The van der Waals surface area contributed by atoms with Crippen LogP contribution >= 0.6 is 15.9 Å². The van der Waals surface area contributed by atoms with Crippen LogP contribution in [0.15, 0.2) is 18.2 Å². The molecule has 1 aliphatic heterocycles. The average Bonchev–Trinajstić information content (AvgIpc) is 2.61. The molecule has 1 aliphatic rings. The molecule has 1 heterocycles. The summed E-state index contributed by atoms with van der Waals surface area (Å²) in [5.74, 6) is -1.72. The van der Waals surface area contributed by atoms with Crippen LogP contribution in [0, 0.1) is 11.6 Å². The van der Waals surface area contributed by atoms with Gasteiger partial charge in [0.05, 0.1) is 6.04 Å². The Morgan fingerprint density at radius 1 is 1.41 bits per heavy atom. The SMILES string of the molecule is CC(c1ccc(F)c(F)c1)N1CC(Br)CC1=O. The van der Waals surface area contributed by atoms with Crippen LogP contribution in [0.5, 0.6) is 0 Å². The van der Waals surface area contributed by atoms with E-state index in [0.29, 0.717) is 18.5 Å². The molecule has 1 aromatic carbocycles. The smallest absolute Gasteiger partial charge is 0.224 e. The fourth-order valence-corrected chi connectivity index (χ4v) is 2.60. The summed E-state index contributed by atoms with van der Waals surface area (Å²) in [5, 5.41) is 0. The molecule has 2 atom stereocenters. The number of hydrogen-bond acceptors (Lipinski definition) is 1. The van der Waals surface area contributed by atoms with E-state index < -0.39 is 11.6 Å². The summed E-state index contributed by atoms with van der Waals surface area (Å²) in [5.41, 5.74) is 0.610. The standard InChI is InChI=1S/C12H12BrF2NO/c1-7(16-6-9(13)5-12(16)17)8-2-3-10(14)11(15)4-8/h2-4,7,9H,5-6H2,1H3. The molecule has 2 unspecified atom stereocenters. The molecule has 1 saturated heterocycles. The molecule has 0 radical (unpaired) electrons. The van der Waals surface area contributed by atoms with Crippen molar-refractivity contribution in [3.8, 4) is 0 Å². The summed E-state index contributed by atoms with van der Waals surface area (Å²) < 4.78 is 25.9. The number of benzene rings is 1. The van der Waals surface area contributed by atoms with Crippen LogP contribution in [0.25, 0.3) is 0 Å². The Morgan fingerprint density at radius 2 is 2.12 bits per heavy atom. The van der Waals surface area contributed by atoms with Crippen LogP contribution in [0.1, 0.15) is 24.9 Å². The van der Waals surface area contributed by atoms with E-state index in [9.17, 15) is 13.6 Å². The van der Waals surface area contributed by atoms with Gasteiger partial charge in [-0.3, -0.25) is 4.79 Å². The summed E-state index contributed by atoms with van der Waals surface area (Å²) >= 11 is 3.39. The van der Waals surface area contributed by atoms with Gasteiger partial charge in [0.1, 0.15) is 0 Å². The third kappa shape index (κ3) is 2.49. The zero-order chi connectivity index (χ0) is 12.6. The predicted octanol–water partition coefficient (Wildman–Crippen LogP) is 3.02. The Hall–Kier alpha value is -0.970. The first kappa shape index (κ1) is 12.5. The number of likely N-dealkylation sites (tertiary alicyclic amines) is 1. The quantitative estimate of drug-likeness (QED) is 0.769. The highest BCUT2D eigenvalue weighted by Crippen LogP contribution is 2.28. The van der Waals surface area contributed by atoms with Crippen molar-refractivity contribution in [2.75, 3.05) is 6.54 Å². The third-order valence-electron chi connectivity index (χ3n) is 3.00. The minimum absolute atomic E-state index is 0.0316. The van der Waals surface area contributed by atoms with Gasteiger partial charge in [0.15, 0.2) is 11.6 Å². The second-order valence-electron chi connectivity index (χ2n) is 4.20. The second kappa shape index (κ2) is 4.72. The Bertz CT molecular complexity index is 452. The lowest BCUT2D eigenvalue weighted by Gasteiger charge is -2.24. The lowest BCUT2D eigenvalue weighted by molar-refractivity contribution is -0.129. The maximum absolute atomic E-state index is 13.1. The highest BCUT2D eigenvalue weighted by molar-refractivity contribution is 9.09. The normalized spacial score (nSPS) is 22.0. The summed E-state index contributed by atoms with van der Waals surface area (Å²) in [6.45, 7) is 2.41. The van der Waals surface area contributed by atoms with Crippen LogP contribution in [-0.2, 0) is 4.79 Å². The number of carbonyl (C=O) groups excluding carboxylic acids is 1. The highest BCUT2D eigenvalue weighted by atomic mass is 79.9. The van der Waals surface area contributed by atoms with Gasteiger partial charge >= 0.3 is 0 Å². The molecule has 0 aromatic heterocycles. The summed E-state index contributed by atoms with van der Waals surface area (Å²) in [6.07, 6.45) is 0.452. The van der Waals surface area contributed by atoms with Gasteiger partial charge < -0.3 is 4.90 Å². The maximum atomic E-state index is 13.1. The molecule has 0 spiro atoms. The van der Waals surface area contributed by atoms with Crippen molar-refractivity contribution in [3.05, 3.63) is 35.4 Å². The molecular weight excluding hydrogens is 292 g/mol. The minimum Gasteiger partial charge on any atom is -0.335 e. The van der Waals surface area contributed by atoms with Crippen molar-refractivity contribution < 1.29 is 13.6 Å². The molecule has 5 heteroatoms. The zero-order valence-corrected chi connectivity index (χ0v) is 10.9. The van der Waals surface area contributed by atoms with Crippen molar-refractivity contribution in [1.82, 2.24) is 4.90 Å². The molecular formula is C12H12BrF2NO. The highest BCUT2D eigenvalue weighted by Gasteiger charge is 2.31. The fraction of sp³-hybridized carbons (Fsp3) is 0.417. The molecule has 2 rings (SSSR count). The largest absolute Gasteiger partial charge is 0.335 e. The Labute approximate surface area is 107 Å². The van der Waals surface area contributed by atoms with Crippen LogP contribution in [0.2, 0.25) is 0 Å². The van der Waals surface area contributed by atoms with Gasteiger partial charge in [-0.05, 0) is 24.6 Å². The van der Waals surface area contributed by atoms with Crippen molar-refractivity contribution in [3.63, 3.8) is 0 Å². The number of hydrogen-bond donors (Lipinski definition) is 0. The first-order valence-corrected chi connectivity index (χ1v) is 6.29. The second-order valence-corrected chi connectivity index (χ2v) is 5.49. The molecule has 17 heavy (non-hydrogen) atoms. The fourth-order valence-electron chi connectivity index (χ4n) is 2.01. The van der Waals surface area contributed by atoms with Crippen molar-refractivity contribution >= 4 is 21.8 Å². The summed E-state index contributed by atoms with van der Waals surface area (Å²) in [6, 6.07) is 3.51. The Morgan fingerprint density at radius 3 is 2.65 bits per heavy atom. The maximum Gasteiger partial charge on any atom is 0.224 e. The van der Waals surface area contributed by atoms with Gasteiger partial charge in [-0.25, -0.2) is 8.78 Å². The lowest BCUT2D eigenvalue weighted by atomic mass is 10.1. The number of halogens is 3. The van der Waals surface area contributed by atoms with Crippen LogP contribution in [0.3, 0.4) is 0 Å². The molecule has 1 aromatic rings. The van der Waals surface area contributed by atoms with E-state index >= 15 is 0 Å². The lowest BCUT2D eigenvalue weighted by Crippen LogP contribution is -2.28. The Kier molecular flexibility index (Phi) is 3.47. The van der Waals surface area contributed by atoms with Gasteiger partial charge in [-0.2, -0.15) is 0 Å². The van der Waals surface area contributed by atoms with Gasteiger partial charge in [-0.1, -0.05) is 22.0 Å². The van der Waals surface area contributed by atoms with Crippen LogP contribution in [0.4, 0.5) is 8.78 Å². The monoisotopic (exact) mass is 303 g/mol. The van der Waals surface area contributed by atoms with Crippen LogP contribution in [-0.4, -0.2) is 22.2 Å².